The van der Waals surface area contributed by atoms with Gasteiger partial charge in [0, 0.05) is 13.2 Å². The molecular weight excluding hydrogens is 158 g/mol. The summed E-state index contributed by atoms with van der Waals surface area (Å²) < 4.78 is 1.65. The maximum Gasteiger partial charge on any atom is 0.249 e. The number of nitrogens with one attached hydrogen (secondary N) is 1. The second-order valence-electron chi connectivity index (χ2n) is 2.39. The lowest BCUT2D eigenvalue weighted by Gasteiger charge is -1.97. The van der Waals surface area contributed by atoms with Gasteiger partial charge in [-0.1, -0.05) is 0 Å². The SMILES string of the molecule is CONC(=O)Cc1ccn(C)n1. The lowest BCUT2D eigenvalue weighted by molar-refractivity contribution is -0.130. The predicted octanol–water partition coefficient (Wildman–Crippen LogP) is -0.360. The number of aryl methyl sites for hydroxylation is 1. The number of carbonyl (C=O) groups excluding carboxylic acids is 1. The highest BCUT2D eigenvalue weighted by atomic mass is 16.6. The summed E-state index contributed by atoms with van der Waals surface area (Å²) in [6.07, 6.45) is 2.03. The van der Waals surface area contributed by atoms with Crippen molar-refractivity contribution in [3.63, 3.8) is 0 Å². The van der Waals surface area contributed by atoms with E-state index in [0.29, 0.717) is 0 Å². The first-order valence-electron chi connectivity index (χ1n) is 3.52. The third-order valence-corrected chi connectivity index (χ3v) is 1.33. The van der Waals surface area contributed by atoms with Crippen LogP contribution in [-0.4, -0.2) is 22.8 Å². The molecule has 0 saturated heterocycles. The zero-order valence-electron chi connectivity index (χ0n) is 7.07. The fraction of sp³-hybridized carbons (Fsp3) is 0.429. The highest BCUT2D eigenvalue weighted by Crippen LogP contribution is 1.94. The Morgan fingerprint density at radius 2 is 2.58 bits per heavy atom. The number of rotatable bonds is 3. The maximum atomic E-state index is 10.9. The molecule has 0 unspecified atom stereocenters. The van der Waals surface area contributed by atoms with E-state index in [0.717, 1.165) is 5.69 Å². The molecule has 66 valence electrons. The molecule has 0 aliphatic heterocycles. The van der Waals surface area contributed by atoms with Crippen LogP contribution in [0.4, 0.5) is 0 Å². The maximum absolute atomic E-state index is 10.9. The van der Waals surface area contributed by atoms with Gasteiger partial charge >= 0.3 is 0 Å². The molecule has 5 heteroatoms. The minimum Gasteiger partial charge on any atom is -0.277 e. The van der Waals surface area contributed by atoms with Gasteiger partial charge in [0.05, 0.1) is 19.2 Å². The first kappa shape index (κ1) is 8.73. The molecule has 0 aliphatic carbocycles. The summed E-state index contributed by atoms with van der Waals surface area (Å²) in [5.74, 6) is -0.198. The van der Waals surface area contributed by atoms with Crippen LogP contribution < -0.4 is 5.48 Å². The average molecular weight is 169 g/mol. The molecule has 0 aromatic carbocycles. The van der Waals surface area contributed by atoms with Crippen LogP contribution in [0.2, 0.25) is 0 Å². The molecule has 0 aliphatic rings. The summed E-state index contributed by atoms with van der Waals surface area (Å²) in [5.41, 5.74) is 2.94. The van der Waals surface area contributed by atoms with E-state index >= 15 is 0 Å². The quantitative estimate of drug-likeness (QED) is 0.629. The number of hydrogen-bond donors (Lipinski definition) is 1. The average Bonchev–Trinajstić information content (AvgIpc) is 2.36. The van der Waals surface area contributed by atoms with E-state index < -0.39 is 0 Å². The molecule has 1 heterocycles. The number of nitrogens with zero attached hydrogens (tertiary/aromatic N) is 2. The van der Waals surface area contributed by atoms with Crippen LogP contribution in [0.5, 0.6) is 0 Å². The number of carbonyl (C=O) groups is 1. The summed E-state index contributed by atoms with van der Waals surface area (Å²) in [5, 5.41) is 4.03. The molecule has 0 spiro atoms. The molecule has 0 radical (unpaired) electrons. The van der Waals surface area contributed by atoms with E-state index in [-0.39, 0.29) is 12.3 Å². The molecule has 0 fully saturated rings. The Bertz CT molecular complexity index is 269. The summed E-state index contributed by atoms with van der Waals surface area (Å²) in [7, 11) is 3.20. The van der Waals surface area contributed by atoms with Crippen LogP contribution in [-0.2, 0) is 23.1 Å². The van der Waals surface area contributed by atoms with Gasteiger partial charge in [-0.05, 0) is 6.07 Å². The van der Waals surface area contributed by atoms with Crippen molar-refractivity contribution in [2.75, 3.05) is 7.11 Å². The second-order valence-corrected chi connectivity index (χ2v) is 2.39. The second kappa shape index (κ2) is 3.87. The van der Waals surface area contributed by atoms with Crippen LogP contribution in [0, 0.1) is 0 Å². The largest absolute Gasteiger partial charge is 0.277 e. The molecule has 0 saturated carbocycles. The third kappa shape index (κ3) is 2.35. The van der Waals surface area contributed by atoms with Crippen molar-refractivity contribution in [1.82, 2.24) is 15.3 Å². The van der Waals surface area contributed by atoms with Crippen molar-refractivity contribution in [1.29, 1.82) is 0 Å². The summed E-state index contributed by atoms with van der Waals surface area (Å²) in [6.45, 7) is 0. The molecule has 5 nitrogen and oxygen atoms in total. The van der Waals surface area contributed by atoms with Gasteiger partial charge in [-0.2, -0.15) is 5.10 Å². The van der Waals surface area contributed by atoms with Gasteiger partial charge in [-0.25, -0.2) is 5.48 Å². The van der Waals surface area contributed by atoms with Gasteiger partial charge in [0.2, 0.25) is 5.91 Å². The fourth-order valence-corrected chi connectivity index (χ4v) is 0.872. The molecule has 0 bridgehead atoms. The van der Waals surface area contributed by atoms with Gasteiger partial charge in [0.25, 0.3) is 0 Å². The molecule has 1 aromatic rings. The smallest absolute Gasteiger partial charge is 0.249 e. The Balaban J connectivity index is 2.46. The number of aromatic nitrogens is 2. The van der Waals surface area contributed by atoms with Gasteiger partial charge < -0.3 is 0 Å². The standard InChI is InChI=1S/C7H11N3O2/c1-10-4-3-6(8-10)5-7(11)9-12-2/h3-4H,5H2,1-2H3,(H,9,11). The van der Waals surface area contributed by atoms with Gasteiger partial charge in [0.1, 0.15) is 0 Å². The zero-order valence-corrected chi connectivity index (χ0v) is 7.07. The molecule has 1 N–H and O–H groups in total. The Labute approximate surface area is 70.3 Å². The number of amides is 1. The van der Waals surface area contributed by atoms with Crippen molar-refractivity contribution in [3.8, 4) is 0 Å². The fourth-order valence-electron chi connectivity index (χ4n) is 0.872. The lowest BCUT2D eigenvalue weighted by Crippen LogP contribution is -2.23. The van der Waals surface area contributed by atoms with Crippen LogP contribution in [0.25, 0.3) is 0 Å². The van der Waals surface area contributed by atoms with E-state index in [1.165, 1.54) is 7.11 Å². The van der Waals surface area contributed by atoms with E-state index in [1.807, 2.05) is 0 Å². The van der Waals surface area contributed by atoms with Crippen molar-refractivity contribution in [2.24, 2.45) is 7.05 Å². The molecular formula is C7H11N3O2. The third-order valence-electron chi connectivity index (χ3n) is 1.33. The topological polar surface area (TPSA) is 56.1 Å². The van der Waals surface area contributed by atoms with Crippen LogP contribution >= 0.6 is 0 Å². The Kier molecular flexibility index (Phi) is 2.82. The molecule has 0 atom stereocenters. The van der Waals surface area contributed by atoms with Crippen molar-refractivity contribution >= 4 is 5.91 Å². The first-order chi connectivity index (χ1) is 5.72. The van der Waals surface area contributed by atoms with Crippen LogP contribution in [0.3, 0.4) is 0 Å². The van der Waals surface area contributed by atoms with Gasteiger partial charge in [-0.15, -0.1) is 0 Å². The predicted molar refractivity (Wildman–Crippen MR) is 42.1 cm³/mol. The van der Waals surface area contributed by atoms with Crippen LogP contribution in [0.1, 0.15) is 5.69 Å². The molecule has 12 heavy (non-hydrogen) atoms. The molecule has 1 amide bonds. The number of hydroxylamine groups is 1. The Hall–Kier alpha value is -1.36. The van der Waals surface area contributed by atoms with E-state index in [4.69, 9.17) is 0 Å². The monoisotopic (exact) mass is 169 g/mol. The summed E-state index contributed by atoms with van der Waals surface area (Å²) in [4.78, 5) is 15.4. The lowest BCUT2D eigenvalue weighted by atomic mass is 10.3. The highest BCUT2D eigenvalue weighted by Gasteiger charge is 2.03. The molecule has 1 aromatic heterocycles. The van der Waals surface area contributed by atoms with Crippen molar-refractivity contribution in [3.05, 3.63) is 18.0 Å². The van der Waals surface area contributed by atoms with E-state index in [9.17, 15) is 4.79 Å². The number of hydrogen-bond acceptors (Lipinski definition) is 3. The summed E-state index contributed by atoms with van der Waals surface area (Å²) >= 11 is 0. The van der Waals surface area contributed by atoms with Crippen molar-refractivity contribution in [2.45, 2.75) is 6.42 Å². The molecule has 1 rings (SSSR count). The van der Waals surface area contributed by atoms with E-state index in [1.54, 1.807) is 24.0 Å². The van der Waals surface area contributed by atoms with E-state index in [2.05, 4.69) is 15.4 Å². The highest BCUT2D eigenvalue weighted by molar-refractivity contribution is 5.76. The Morgan fingerprint density at radius 1 is 1.83 bits per heavy atom. The minimum absolute atomic E-state index is 0.198. The van der Waals surface area contributed by atoms with Crippen molar-refractivity contribution < 1.29 is 9.63 Å². The Morgan fingerprint density at radius 3 is 3.08 bits per heavy atom. The van der Waals surface area contributed by atoms with Gasteiger partial charge in [-0.3, -0.25) is 14.3 Å². The first-order valence-corrected chi connectivity index (χ1v) is 3.52. The zero-order chi connectivity index (χ0) is 8.97. The van der Waals surface area contributed by atoms with Gasteiger partial charge in [0.15, 0.2) is 0 Å². The summed E-state index contributed by atoms with van der Waals surface area (Å²) in [6, 6.07) is 1.79. The van der Waals surface area contributed by atoms with Crippen LogP contribution in [0.15, 0.2) is 12.3 Å². The minimum atomic E-state index is -0.198. The normalized spacial score (nSPS) is 9.83.